The molecule has 3 rings (SSSR count). The molecule has 2 aliphatic heterocycles. The third-order valence-corrected chi connectivity index (χ3v) is 8.46. The molecule has 1 aromatic rings. The normalized spacial score (nSPS) is 19.0. The highest BCUT2D eigenvalue weighted by Crippen LogP contribution is 2.47. The number of benzene rings is 1. The van der Waals surface area contributed by atoms with E-state index in [-0.39, 0.29) is 20.5 Å². The lowest BCUT2D eigenvalue weighted by atomic mass is 9.71. The number of halogens is 17. The van der Waals surface area contributed by atoms with Gasteiger partial charge in [0.05, 0.1) is 22.4 Å². The Labute approximate surface area is 317 Å². The molecule has 2 heterocycles. The zero-order chi connectivity index (χ0) is 43.8. The SMILES string of the molecule is C.C.CN(C(=O)CC(F)(F)F)c1cc(B2OC(C)(C)C(C)(C)O2)cc(B2OC(C)(C)C(C)(C)O2)c1.FOC(F)(F)C(F)(F)C(F)(F)F.FOC(F)(F)CC(F)(F)F. The highest BCUT2D eigenvalue weighted by molar-refractivity contribution is 6.66. The van der Waals surface area contributed by atoms with Crippen molar-refractivity contribution >= 4 is 36.8 Å². The number of hydrogen-bond acceptors (Lipinski definition) is 7. The fourth-order valence-corrected chi connectivity index (χ4v) is 3.99. The van der Waals surface area contributed by atoms with Crippen LogP contribution in [0.2, 0.25) is 0 Å². The molecule has 1 aromatic carbocycles. The van der Waals surface area contributed by atoms with Gasteiger partial charge in [-0.25, -0.2) is 0 Å². The Morgan fingerprint density at radius 3 is 1.16 bits per heavy atom. The molecule has 0 spiro atoms. The minimum absolute atomic E-state index is 0. The van der Waals surface area contributed by atoms with E-state index >= 15 is 0 Å². The standard InChI is InChI=1S/C22H32B2F3NO5.C3F8O.C3H2F6O.2CH4/c1-18(2)19(3,4)31-23(30-18)14-10-15(24-32-20(5,6)21(7,8)33-24)12-16(11-14)28(9)17(29)13-22(25,26)27;4-1(5,2(6,7)8)3(9,10)12-11;4-2(5,6)1-3(7,8)10-9;;/h10-12H,13H2,1-9H3;;1H2;2*1H4. The number of alkyl halides is 15. The van der Waals surface area contributed by atoms with Gasteiger partial charge in [-0.3, -0.25) is 4.79 Å². The van der Waals surface area contributed by atoms with Gasteiger partial charge in [0.1, 0.15) is 12.8 Å². The van der Waals surface area contributed by atoms with Gasteiger partial charge < -0.3 is 23.5 Å². The lowest BCUT2D eigenvalue weighted by Crippen LogP contribution is -2.52. The van der Waals surface area contributed by atoms with E-state index in [9.17, 15) is 79.7 Å². The zero-order valence-electron chi connectivity index (χ0n) is 30.0. The Kier molecular flexibility index (Phi) is 18.2. The number of nitrogens with zero attached hydrogens (tertiary/aromatic N) is 1. The molecule has 27 heteroatoms. The molecule has 0 N–H and O–H groups in total. The largest absolute Gasteiger partial charge is 0.494 e. The van der Waals surface area contributed by atoms with E-state index in [4.69, 9.17) is 18.6 Å². The van der Waals surface area contributed by atoms with E-state index in [0.29, 0.717) is 10.9 Å². The van der Waals surface area contributed by atoms with Gasteiger partial charge in [0.25, 0.3) is 0 Å². The van der Waals surface area contributed by atoms with Crippen molar-refractivity contribution in [3.63, 3.8) is 0 Å². The summed E-state index contributed by atoms with van der Waals surface area (Å²) in [6.07, 6.45) is -31.4. The highest BCUT2D eigenvalue weighted by Gasteiger charge is 2.75. The molecule has 1 amide bonds. The maximum atomic E-state index is 12.8. The predicted octanol–water partition coefficient (Wildman–Crippen LogP) is 9.58. The van der Waals surface area contributed by atoms with Gasteiger partial charge in [-0.2, -0.15) is 65.9 Å². The molecule has 0 atom stereocenters. The maximum absolute atomic E-state index is 12.8. The van der Waals surface area contributed by atoms with Crippen molar-refractivity contribution in [1.29, 1.82) is 0 Å². The summed E-state index contributed by atoms with van der Waals surface area (Å²) in [5.41, 5.74) is -1.08. The smallest absolute Gasteiger partial charge is 0.399 e. The molecule has 2 saturated heterocycles. The van der Waals surface area contributed by atoms with Gasteiger partial charge in [0.15, 0.2) is 0 Å². The number of rotatable bonds is 8. The van der Waals surface area contributed by atoms with Crippen molar-refractivity contribution in [2.75, 3.05) is 11.9 Å². The van der Waals surface area contributed by atoms with Gasteiger partial charge in [0.2, 0.25) is 5.91 Å². The number of anilines is 1. The van der Waals surface area contributed by atoms with Crippen LogP contribution in [-0.2, 0) is 33.3 Å². The van der Waals surface area contributed by atoms with Gasteiger partial charge in [-0.1, -0.05) is 20.9 Å². The van der Waals surface area contributed by atoms with Gasteiger partial charge >= 0.3 is 50.9 Å². The van der Waals surface area contributed by atoms with Crippen molar-refractivity contribution in [3.05, 3.63) is 18.2 Å². The molecule has 0 aliphatic carbocycles. The third kappa shape index (κ3) is 14.6. The van der Waals surface area contributed by atoms with E-state index in [0.717, 1.165) is 4.90 Å². The topological polar surface area (TPSA) is 75.7 Å². The van der Waals surface area contributed by atoms with Crippen LogP contribution < -0.4 is 15.8 Å². The van der Waals surface area contributed by atoms with Crippen LogP contribution in [-0.4, -0.2) is 86.3 Å². The average Bonchev–Trinajstić information content (AvgIpc) is 3.33. The fraction of sp³-hybridized carbons (Fsp3) is 0.767. The highest BCUT2D eigenvalue weighted by atomic mass is 19.4. The average molecular weight is 873 g/mol. The van der Waals surface area contributed by atoms with E-state index in [1.54, 1.807) is 23.1 Å². The Bertz CT molecular complexity index is 1380. The second-order valence-corrected chi connectivity index (χ2v) is 14.0. The van der Waals surface area contributed by atoms with Crippen molar-refractivity contribution < 1.29 is 108 Å². The first-order chi connectivity index (χ1) is 24.1. The van der Waals surface area contributed by atoms with E-state index < -0.39 is 92.1 Å². The number of hydrogen-bond donors (Lipinski definition) is 0. The zero-order valence-corrected chi connectivity index (χ0v) is 30.0. The van der Waals surface area contributed by atoms with E-state index in [1.807, 2.05) is 55.4 Å². The van der Waals surface area contributed by atoms with Crippen LogP contribution >= 0.6 is 0 Å². The Morgan fingerprint density at radius 2 is 0.947 bits per heavy atom. The quantitative estimate of drug-likeness (QED) is 0.190. The van der Waals surface area contributed by atoms with Crippen LogP contribution in [0.3, 0.4) is 0 Å². The van der Waals surface area contributed by atoms with Crippen molar-refractivity contribution in [2.45, 2.75) is 142 Å². The van der Waals surface area contributed by atoms with Gasteiger partial charge in [-0.05, 0) is 87.5 Å². The summed E-state index contributed by atoms with van der Waals surface area (Å²) >= 11 is 0. The molecule has 8 nitrogen and oxygen atoms in total. The number of carbonyl (C=O) groups excluding carboxylic acids is 1. The Balaban J connectivity index is 0. The monoisotopic (exact) mass is 873 g/mol. The third-order valence-electron chi connectivity index (χ3n) is 8.46. The second-order valence-electron chi connectivity index (χ2n) is 14.0. The van der Waals surface area contributed by atoms with E-state index in [1.165, 1.54) is 12.0 Å². The summed E-state index contributed by atoms with van der Waals surface area (Å²) in [4.78, 5) is 16.3. The van der Waals surface area contributed by atoms with Crippen molar-refractivity contribution in [1.82, 2.24) is 0 Å². The second kappa shape index (κ2) is 18.3. The molecule has 57 heavy (non-hydrogen) atoms. The molecule has 2 aliphatic rings. The summed E-state index contributed by atoms with van der Waals surface area (Å²) in [7, 11) is -0.240. The minimum Gasteiger partial charge on any atom is -0.399 e. The molecule has 0 saturated carbocycles. The minimum atomic E-state index is -6.57. The molecular weight excluding hydrogens is 831 g/mol. The Morgan fingerprint density at radius 1 is 0.614 bits per heavy atom. The summed E-state index contributed by atoms with van der Waals surface area (Å²) < 4.78 is 219. The van der Waals surface area contributed by atoms with Crippen molar-refractivity contribution in [3.8, 4) is 0 Å². The van der Waals surface area contributed by atoms with Crippen LogP contribution in [0.5, 0.6) is 0 Å². The first-order valence-corrected chi connectivity index (χ1v) is 15.1. The van der Waals surface area contributed by atoms with E-state index in [2.05, 4.69) is 0 Å². The molecule has 334 valence electrons. The van der Waals surface area contributed by atoms with Crippen molar-refractivity contribution in [2.24, 2.45) is 0 Å². The van der Waals surface area contributed by atoms with Crippen LogP contribution in [0.4, 0.5) is 80.6 Å². The molecule has 0 unspecified atom stereocenters. The molecule has 2 fully saturated rings. The lowest BCUT2D eigenvalue weighted by Gasteiger charge is -2.32. The molecule has 0 radical (unpaired) electrons. The summed E-state index contributed by atoms with van der Waals surface area (Å²) in [6.45, 7) is 15.3. The van der Waals surface area contributed by atoms with Gasteiger partial charge in [-0.15, -0.1) is 9.88 Å². The summed E-state index contributed by atoms with van der Waals surface area (Å²) in [5, 5.41) is 0. The molecule has 0 bridgehead atoms. The first-order valence-electron chi connectivity index (χ1n) is 15.1. The number of carbonyl (C=O) groups is 1. The molecular formula is C30H42B2F17NO7. The van der Waals surface area contributed by atoms with Crippen LogP contribution in [0.15, 0.2) is 18.2 Å². The first kappa shape index (κ1) is 56.5. The van der Waals surface area contributed by atoms with Crippen LogP contribution in [0, 0.1) is 0 Å². The Hall–Kier alpha value is -2.61. The van der Waals surface area contributed by atoms with Crippen LogP contribution in [0.1, 0.15) is 83.1 Å². The maximum Gasteiger partial charge on any atom is 0.494 e. The number of amides is 1. The predicted molar refractivity (Wildman–Crippen MR) is 171 cm³/mol. The van der Waals surface area contributed by atoms with Crippen LogP contribution in [0.25, 0.3) is 0 Å². The lowest BCUT2D eigenvalue weighted by molar-refractivity contribution is -0.471. The summed E-state index contributed by atoms with van der Waals surface area (Å²) in [5.74, 6) is -7.62. The molecule has 0 aromatic heterocycles. The summed E-state index contributed by atoms with van der Waals surface area (Å²) in [6, 6.07) is 4.99. The fourth-order valence-electron chi connectivity index (χ4n) is 3.99. The van der Waals surface area contributed by atoms with Gasteiger partial charge in [0, 0.05) is 12.7 Å².